The molecule has 1 heterocycles. The first kappa shape index (κ1) is 51.0. The Balaban J connectivity index is -0.000000115. The fourth-order valence-corrected chi connectivity index (χ4v) is 2.61. The molecule has 1 aromatic heterocycles. The van der Waals surface area contributed by atoms with Crippen LogP contribution in [0, 0.1) is 19.8 Å². The molecule has 0 bridgehead atoms. The Morgan fingerprint density at radius 3 is 1.74 bits per heavy atom. The molecule has 1 N–H and O–H groups in total. The maximum absolute atomic E-state index is 12.4. The average Bonchev–Trinajstić information content (AvgIpc) is 3.02. The summed E-state index contributed by atoms with van der Waals surface area (Å²) >= 11 is 0. The van der Waals surface area contributed by atoms with E-state index in [4.69, 9.17) is 4.79 Å². The zero-order chi connectivity index (χ0) is 34.7. The van der Waals surface area contributed by atoms with Crippen molar-refractivity contribution in [2.45, 2.75) is 88.4 Å². The van der Waals surface area contributed by atoms with Crippen molar-refractivity contribution in [1.29, 1.82) is 0 Å². The molecule has 2 aromatic rings. The van der Waals surface area contributed by atoms with E-state index in [1.807, 2.05) is 92.5 Å². The highest BCUT2D eigenvalue weighted by atomic mass is 19.4. The van der Waals surface area contributed by atoms with Gasteiger partial charge >= 0.3 is 6.18 Å². The molecular formula is C35H55F3N2O2. The van der Waals surface area contributed by atoms with Crippen molar-refractivity contribution >= 4 is 12.6 Å². The fourth-order valence-electron chi connectivity index (χ4n) is 2.61. The number of carbonyl (C=O) groups excluding carboxylic acids is 2. The van der Waals surface area contributed by atoms with E-state index in [9.17, 15) is 18.0 Å². The number of alkyl halides is 3. The molecule has 0 aliphatic heterocycles. The standard InChI is InChI=1S/C12H15F3N2.C12H14O.3C2H6.C2H4.C2H2.CH2O/c1-3-11(12(13,14)15)8-16-7-10-5-4-6-17-9(10)2;1-9(2)8-11-4-6-12(7-5-11)10(3)13;6*1-2/h3-6,16H,7-8H2,1-2H3;4-7H,1,8H2,2-3H3;3*1-2H3;1-2H2;1-2H;1H2/b11-3+;;;;;;;. The molecule has 0 fully saturated rings. The van der Waals surface area contributed by atoms with E-state index in [0.29, 0.717) is 6.54 Å². The highest BCUT2D eigenvalue weighted by molar-refractivity contribution is 5.94. The van der Waals surface area contributed by atoms with Crippen molar-refractivity contribution in [2.24, 2.45) is 0 Å². The Morgan fingerprint density at radius 2 is 1.40 bits per heavy atom. The lowest BCUT2D eigenvalue weighted by molar-refractivity contribution is -0.0981. The number of Topliss-reactive ketones (excluding diaryl/α,β-unsaturated/α-hetero) is 1. The fraction of sp³-hybridized carbons (Fsp3) is 0.400. The van der Waals surface area contributed by atoms with Gasteiger partial charge in [0.2, 0.25) is 0 Å². The number of pyridine rings is 1. The van der Waals surface area contributed by atoms with Crippen LogP contribution < -0.4 is 5.32 Å². The molecule has 0 spiro atoms. The monoisotopic (exact) mass is 592 g/mol. The first-order valence-electron chi connectivity index (χ1n) is 13.7. The third-order valence-corrected chi connectivity index (χ3v) is 4.33. The van der Waals surface area contributed by atoms with Gasteiger partial charge in [0.15, 0.2) is 5.78 Å². The van der Waals surface area contributed by atoms with Crippen molar-refractivity contribution in [3.63, 3.8) is 0 Å². The Labute approximate surface area is 255 Å². The second-order valence-electron chi connectivity index (χ2n) is 7.05. The van der Waals surface area contributed by atoms with Crippen molar-refractivity contribution < 1.29 is 22.8 Å². The summed E-state index contributed by atoms with van der Waals surface area (Å²) in [5.74, 6) is 0.113. The maximum Gasteiger partial charge on any atom is 0.413 e. The Morgan fingerprint density at radius 1 is 0.952 bits per heavy atom. The van der Waals surface area contributed by atoms with Gasteiger partial charge < -0.3 is 10.1 Å². The number of nitrogens with one attached hydrogen (secondary N) is 1. The number of aromatic nitrogens is 1. The summed E-state index contributed by atoms with van der Waals surface area (Å²) in [4.78, 5) is 23.0. The number of hydrogen-bond donors (Lipinski definition) is 1. The van der Waals surface area contributed by atoms with Gasteiger partial charge in [-0.3, -0.25) is 9.78 Å². The summed E-state index contributed by atoms with van der Waals surface area (Å²) in [6, 6.07) is 11.3. The number of benzene rings is 1. The van der Waals surface area contributed by atoms with Crippen LogP contribution in [-0.4, -0.2) is 30.3 Å². The van der Waals surface area contributed by atoms with Gasteiger partial charge in [0.1, 0.15) is 6.79 Å². The third-order valence-electron chi connectivity index (χ3n) is 4.33. The van der Waals surface area contributed by atoms with Gasteiger partial charge in [0.05, 0.1) is 0 Å². The largest absolute Gasteiger partial charge is 0.413 e. The number of carbonyl (C=O) groups is 2. The minimum atomic E-state index is -4.26. The van der Waals surface area contributed by atoms with Crippen molar-refractivity contribution in [3.8, 4) is 12.8 Å². The summed E-state index contributed by atoms with van der Waals surface area (Å²) < 4.78 is 37.2. The second kappa shape index (κ2) is 37.2. The Kier molecular flexibility index (Phi) is 45.2. The van der Waals surface area contributed by atoms with Crippen molar-refractivity contribution in [2.75, 3.05) is 6.54 Å². The molecule has 42 heavy (non-hydrogen) atoms. The van der Waals surface area contributed by atoms with Gasteiger partial charge in [-0.15, -0.1) is 26.0 Å². The number of halogens is 3. The van der Waals surface area contributed by atoms with E-state index in [1.165, 1.54) is 12.5 Å². The molecule has 2 rings (SSSR count). The van der Waals surface area contributed by atoms with E-state index in [2.05, 4.69) is 42.9 Å². The number of rotatable bonds is 7. The summed E-state index contributed by atoms with van der Waals surface area (Å²) in [5.41, 5.74) is 4.29. The third kappa shape index (κ3) is 29.2. The molecule has 0 saturated heterocycles. The number of ketones is 1. The summed E-state index contributed by atoms with van der Waals surface area (Å²) in [6.45, 7) is 30.8. The van der Waals surface area contributed by atoms with Gasteiger partial charge in [-0.2, -0.15) is 13.2 Å². The van der Waals surface area contributed by atoms with Crippen LogP contribution in [0.25, 0.3) is 0 Å². The molecule has 238 valence electrons. The topological polar surface area (TPSA) is 59.1 Å². The summed E-state index contributed by atoms with van der Waals surface area (Å²) in [6.07, 6.45) is 7.37. The summed E-state index contributed by atoms with van der Waals surface area (Å²) in [5, 5.41) is 2.77. The van der Waals surface area contributed by atoms with Crippen LogP contribution in [0.3, 0.4) is 0 Å². The van der Waals surface area contributed by atoms with E-state index < -0.39 is 11.7 Å². The average molecular weight is 593 g/mol. The highest BCUT2D eigenvalue weighted by Gasteiger charge is 2.32. The van der Waals surface area contributed by atoms with Gasteiger partial charge in [0.25, 0.3) is 0 Å². The zero-order valence-corrected chi connectivity index (χ0v) is 27.6. The lowest BCUT2D eigenvalue weighted by atomic mass is 10.0. The molecule has 0 amide bonds. The number of aryl methyl sites for hydroxylation is 1. The highest BCUT2D eigenvalue weighted by Crippen LogP contribution is 2.24. The molecule has 0 saturated carbocycles. The van der Waals surface area contributed by atoms with Gasteiger partial charge in [-0.05, 0) is 51.3 Å². The SMILES string of the molecule is C#C.C/C=C(\CNCc1cccnc1C)C(F)(F)F.C=C.C=C(C)Cc1ccc(C(C)=O)cc1.C=O.CC.CC.CC. The first-order chi connectivity index (χ1) is 20.0. The molecule has 0 atom stereocenters. The van der Waals surface area contributed by atoms with Crippen LogP contribution in [0.15, 0.2) is 79.6 Å². The predicted molar refractivity (Wildman–Crippen MR) is 178 cm³/mol. The number of nitrogens with zero attached hydrogens (tertiary/aromatic N) is 1. The van der Waals surface area contributed by atoms with Crippen LogP contribution in [0.1, 0.15) is 89.5 Å². The van der Waals surface area contributed by atoms with Crippen molar-refractivity contribution in [3.05, 3.63) is 102 Å². The van der Waals surface area contributed by atoms with Crippen LogP contribution in [0.4, 0.5) is 13.2 Å². The molecule has 0 unspecified atom stereocenters. The van der Waals surface area contributed by atoms with Crippen LogP contribution in [0.2, 0.25) is 0 Å². The quantitative estimate of drug-likeness (QED) is 0.197. The van der Waals surface area contributed by atoms with Crippen molar-refractivity contribution in [1.82, 2.24) is 10.3 Å². The first-order valence-corrected chi connectivity index (χ1v) is 13.7. The Hall–Kier alpha value is -3.76. The van der Waals surface area contributed by atoms with Crippen LogP contribution in [-0.2, 0) is 17.8 Å². The van der Waals surface area contributed by atoms with Crippen LogP contribution >= 0.6 is 0 Å². The molecule has 4 nitrogen and oxygen atoms in total. The molecule has 7 heteroatoms. The second-order valence-corrected chi connectivity index (χ2v) is 7.05. The van der Waals surface area contributed by atoms with Gasteiger partial charge in [-0.1, -0.05) is 90.1 Å². The zero-order valence-electron chi connectivity index (χ0n) is 27.6. The van der Waals surface area contributed by atoms with Crippen LogP contribution in [0.5, 0.6) is 0 Å². The number of allylic oxidation sites excluding steroid dienone is 2. The number of hydrogen-bond acceptors (Lipinski definition) is 4. The van der Waals surface area contributed by atoms with E-state index in [1.54, 1.807) is 19.2 Å². The van der Waals surface area contributed by atoms with Gasteiger partial charge in [0, 0.05) is 36.1 Å². The van der Waals surface area contributed by atoms with E-state index in [-0.39, 0.29) is 12.3 Å². The predicted octanol–water partition coefficient (Wildman–Crippen LogP) is 9.94. The number of terminal acetylenes is 1. The lowest BCUT2D eigenvalue weighted by Crippen LogP contribution is -2.25. The molecule has 0 aliphatic carbocycles. The Bertz CT molecular complexity index is 947. The molecule has 0 radical (unpaired) electrons. The molecular weight excluding hydrogens is 537 g/mol. The maximum atomic E-state index is 12.4. The van der Waals surface area contributed by atoms with E-state index in [0.717, 1.165) is 34.9 Å². The smallest absolute Gasteiger partial charge is 0.309 e. The minimum Gasteiger partial charge on any atom is -0.309 e. The molecule has 1 aromatic carbocycles. The van der Waals surface area contributed by atoms with E-state index >= 15 is 0 Å². The molecule has 0 aliphatic rings. The minimum absolute atomic E-state index is 0.113. The van der Waals surface area contributed by atoms with Gasteiger partial charge in [-0.25, -0.2) is 0 Å². The summed E-state index contributed by atoms with van der Waals surface area (Å²) in [7, 11) is 0. The lowest BCUT2D eigenvalue weighted by Gasteiger charge is -2.12. The normalized spacial score (nSPS) is 8.88.